The van der Waals surface area contributed by atoms with Crippen LogP contribution in [0.25, 0.3) is 5.76 Å². The van der Waals surface area contributed by atoms with Crippen LogP contribution in [0, 0.1) is 0 Å². The van der Waals surface area contributed by atoms with Crippen LogP contribution in [0.1, 0.15) is 17.4 Å². The zero-order valence-corrected chi connectivity index (χ0v) is 15.5. The van der Waals surface area contributed by atoms with E-state index in [2.05, 4.69) is 0 Å². The molecule has 8 heteroatoms. The number of fused-ring (bicyclic) bond motifs is 1. The highest BCUT2D eigenvalue weighted by molar-refractivity contribution is 6.46. The summed E-state index contributed by atoms with van der Waals surface area (Å²) in [5, 5.41) is 10.9. The maximum Gasteiger partial charge on any atom is 0.295 e. The molecule has 1 aromatic carbocycles. The monoisotopic (exact) mass is 384 g/mol. The highest BCUT2D eigenvalue weighted by Gasteiger charge is 2.47. The van der Waals surface area contributed by atoms with Crippen molar-refractivity contribution in [2.75, 3.05) is 34.0 Å². The second kappa shape index (κ2) is 7.05. The first-order valence-corrected chi connectivity index (χ1v) is 8.84. The lowest BCUT2D eigenvalue weighted by molar-refractivity contribution is -0.140. The van der Waals surface area contributed by atoms with Gasteiger partial charge < -0.3 is 28.8 Å². The van der Waals surface area contributed by atoms with Gasteiger partial charge in [0.15, 0.2) is 11.5 Å². The SMILES string of the molecule is CN(C)CCN1C(=O)C(=O)/C(=C(\O)c2ccc3c(c2)OCO3)C1c1ccco1. The van der Waals surface area contributed by atoms with E-state index in [0.29, 0.717) is 35.9 Å². The predicted octanol–water partition coefficient (Wildman–Crippen LogP) is 1.99. The molecule has 28 heavy (non-hydrogen) atoms. The summed E-state index contributed by atoms with van der Waals surface area (Å²) >= 11 is 0. The molecule has 1 N–H and O–H groups in total. The Balaban J connectivity index is 1.79. The Bertz CT molecular complexity index is 948. The van der Waals surface area contributed by atoms with Crippen LogP contribution in [0.15, 0.2) is 46.6 Å². The highest BCUT2D eigenvalue weighted by Crippen LogP contribution is 2.41. The molecular weight excluding hydrogens is 364 g/mol. The van der Waals surface area contributed by atoms with Crippen LogP contribution in [0.4, 0.5) is 0 Å². The number of carbonyl (C=O) groups is 2. The fraction of sp³-hybridized carbons (Fsp3) is 0.300. The Morgan fingerprint density at radius 2 is 2.00 bits per heavy atom. The van der Waals surface area contributed by atoms with Crippen molar-refractivity contribution in [2.45, 2.75) is 6.04 Å². The summed E-state index contributed by atoms with van der Waals surface area (Å²) in [5.74, 6) is -0.225. The van der Waals surface area contributed by atoms with Gasteiger partial charge in [-0.3, -0.25) is 9.59 Å². The number of amides is 1. The number of hydrogen-bond acceptors (Lipinski definition) is 7. The van der Waals surface area contributed by atoms with Gasteiger partial charge in [0.2, 0.25) is 6.79 Å². The number of benzene rings is 1. The molecule has 146 valence electrons. The Morgan fingerprint density at radius 3 is 2.71 bits per heavy atom. The molecule has 1 saturated heterocycles. The normalized spacial score (nSPS) is 20.4. The summed E-state index contributed by atoms with van der Waals surface area (Å²) < 4.78 is 16.1. The Kier molecular flexibility index (Phi) is 4.56. The lowest BCUT2D eigenvalue weighted by Crippen LogP contribution is -2.35. The molecule has 1 amide bonds. The molecule has 2 aromatic rings. The number of likely N-dealkylation sites (N-methyl/N-ethyl adjacent to an activating group) is 1. The van der Waals surface area contributed by atoms with Crippen molar-refractivity contribution in [3.8, 4) is 11.5 Å². The van der Waals surface area contributed by atoms with E-state index in [1.165, 1.54) is 11.2 Å². The van der Waals surface area contributed by atoms with Crippen molar-refractivity contribution in [3.05, 3.63) is 53.5 Å². The summed E-state index contributed by atoms with van der Waals surface area (Å²) in [7, 11) is 3.76. The highest BCUT2D eigenvalue weighted by atomic mass is 16.7. The number of aliphatic hydroxyl groups is 1. The average molecular weight is 384 g/mol. The lowest BCUT2D eigenvalue weighted by atomic mass is 9.99. The average Bonchev–Trinajstić information content (AvgIpc) is 3.40. The lowest BCUT2D eigenvalue weighted by Gasteiger charge is -2.24. The van der Waals surface area contributed by atoms with Crippen molar-refractivity contribution in [3.63, 3.8) is 0 Å². The van der Waals surface area contributed by atoms with Crippen LogP contribution in [-0.2, 0) is 9.59 Å². The molecule has 2 aliphatic rings. The standard InChI is InChI=1S/C20H20N2O6/c1-21(2)7-8-22-17(14-4-3-9-26-14)16(19(24)20(22)25)18(23)12-5-6-13-15(10-12)28-11-27-13/h3-6,9-10,17,23H,7-8,11H2,1-2H3/b18-16-. The number of ether oxygens (including phenoxy) is 2. The molecule has 8 nitrogen and oxygen atoms in total. The van der Waals surface area contributed by atoms with Crippen molar-refractivity contribution >= 4 is 17.4 Å². The third-order valence-electron chi connectivity index (χ3n) is 4.79. The summed E-state index contributed by atoms with van der Waals surface area (Å²) in [6.07, 6.45) is 1.47. The third-order valence-corrected chi connectivity index (χ3v) is 4.79. The topological polar surface area (TPSA) is 92.5 Å². The summed E-state index contributed by atoms with van der Waals surface area (Å²) in [4.78, 5) is 28.8. The van der Waals surface area contributed by atoms with Gasteiger partial charge in [0.1, 0.15) is 17.6 Å². The minimum Gasteiger partial charge on any atom is -0.507 e. The van der Waals surface area contributed by atoms with Gasteiger partial charge in [-0.1, -0.05) is 0 Å². The van der Waals surface area contributed by atoms with Gasteiger partial charge in [-0.25, -0.2) is 0 Å². The van der Waals surface area contributed by atoms with Crippen molar-refractivity contribution in [1.29, 1.82) is 0 Å². The molecule has 2 aliphatic heterocycles. The summed E-state index contributed by atoms with van der Waals surface area (Å²) in [6, 6.07) is 7.44. The number of likely N-dealkylation sites (tertiary alicyclic amines) is 1. The van der Waals surface area contributed by atoms with E-state index in [1.54, 1.807) is 30.3 Å². The van der Waals surface area contributed by atoms with E-state index in [1.807, 2.05) is 19.0 Å². The van der Waals surface area contributed by atoms with E-state index >= 15 is 0 Å². The number of aliphatic hydroxyl groups excluding tert-OH is 1. The Labute approximate surface area is 161 Å². The first-order chi connectivity index (χ1) is 13.5. The van der Waals surface area contributed by atoms with Crippen LogP contribution < -0.4 is 9.47 Å². The molecule has 0 bridgehead atoms. The first kappa shape index (κ1) is 18.1. The summed E-state index contributed by atoms with van der Waals surface area (Å²) in [6.45, 7) is 0.982. The maximum absolute atomic E-state index is 12.8. The zero-order valence-electron chi connectivity index (χ0n) is 15.5. The van der Waals surface area contributed by atoms with Gasteiger partial charge in [0, 0.05) is 18.7 Å². The molecule has 1 fully saturated rings. The number of nitrogens with zero attached hydrogens (tertiary/aromatic N) is 2. The second-order valence-electron chi connectivity index (χ2n) is 6.88. The fourth-order valence-corrected chi connectivity index (χ4v) is 3.36. The van der Waals surface area contributed by atoms with E-state index in [-0.39, 0.29) is 18.1 Å². The zero-order chi connectivity index (χ0) is 19.8. The Morgan fingerprint density at radius 1 is 1.21 bits per heavy atom. The van der Waals surface area contributed by atoms with E-state index in [4.69, 9.17) is 13.9 Å². The number of carbonyl (C=O) groups excluding carboxylic acids is 2. The molecule has 4 rings (SSSR count). The van der Waals surface area contributed by atoms with Crippen molar-refractivity contribution < 1.29 is 28.6 Å². The molecular formula is C20H20N2O6. The molecule has 0 radical (unpaired) electrons. The molecule has 0 spiro atoms. The smallest absolute Gasteiger partial charge is 0.295 e. The van der Waals surface area contributed by atoms with E-state index in [0.717, 1.165) is 0 Å². The van der Waals surface area contributed by atoms with Gasteiger partial charge in [0.25, 0.3) is 11.7 Å². The molecule has 1 unspecified atom stereocenters. The quantitative estimate of drug-likeness (QED) is 0.479. The third kappa shape index (κ3) is 3.01. The largest absolute Gasteiger partial charge is 0.507 e. The van der Waals surface area contributed by atoms with Gasteiger partial charge in [-0.05, 0) is 44.4 Å². The fourth-order valence-electron chi connectivity index (χ4n) is 3.36. The maximum atomic E-state index is 12.8. The second-order valence-corrected chi connectivity index (χ2v) is 6.88. The molecule has 1 aromatic heterocycles. The number of rotatable bonds is 5. The van der Waals surface area contributed by atoms with Gasteiger partial charge in [0.05, 0.1) is 11.8 Å². The molecule has 1 atom stereocenters. The van der Waals surface area contributed by atoms with Crippen molar-refractivity contribution in [1.82, 2.24) is 9.80 Å². The van der Waals surface area contributed by atoms with Crippen LogP contribution in [0.2, 0.25) is 0 Å². The van der Waals surface area contributed by atoms with Crippen molar-refractivity contribution in [2.24, 2.45) is 0 Å². The van der Waals surface area contributed by atoms with E-state index < -0.39 is 17.7 Å². The van der Waals surface area contributed by atoms with Crippen LogP contribution in [-0.4, -0.2) is 60.6 Å². The van der Waals surface area contributed by atoms with E-state index in [9.17, 15) is 14.7 Å². The minimum atomic E-state index is -0.791. The van der Waals surface area contributed by atoms with Crippen LogP contribution in [0.5, 0.6) is 11.5 Å². The number of Topliss-reactive ketones (excluding diaryl/α,β-unsaturated/α-hetero) is 1. The van der Waals surface area contributed by atoms with Crippen LogP contribution in [0.3, 0.4) is 0 Å². The summed E-state index contributed by atoms with van der Waals surface area (Å²) in [5.41, 5.74) is 0.365. The van der Waals surface area contributed by atoms with Gasteiger partial charge >= 0.3 is 0 Å². The van der Waals surface area contributed by atoms with Gasteiger partial charge in [-0.15, -0.1) is 0 Å². The van der Waals surface area contributed by atoms with Gasteiger partial charge in [-0.2, -0.15) is 0 Å². The first-order valence-electron chi connectivity index (χ1n) is 8.84. The number of hydrogen-bond donors (Lipinski definition) is 1. The minimum absolute atomic E-state index is 0.00225. The predicted molar refractivity (Wildman–Crippen MR) is 98.8 cm³/mol. The molecule has 3 heterocycles. The number of furan rings is 1. The molecule has 0 aliphatic carbocycles. The Hall–Kier alpha value is -3.26. The number of ketones is 1. The molecule has 0 saturated carbocycles. The van der Waals surface area contributed by atoms with Crippen LogP contribution >= 0.6 is 0 Å².